The van der Waals surface area contributed by atoms with Gasteiger partial charge in [0.05, 0.1) is 13.2 Å². The van der Waals surface area contributed by atoms with E-state index in [2.05, 4.69) is 19.1 Å². The molecule has 0 bridgehead atoms. The van der Waals surface area contributed by atoms with E-state index in [9.17, 15) is 0 Å². The number of aliphatic hydroxyl groups excluding tert-OH is 2. The SMILES string of the molecule is CC/C=C/C1COC(CCCCC(CO)CO)OC1. The maximum atomic E-state index is 8.96. The number of ether oxygens (including phenoxy) is 2. The fourth-order valence-corrected chi connectivity index (χ4v) is 2.15. The summed E-state index contributed by atoms with van der Waals surface area (Å²) in [5.74, 6) is 0.418. The molecule has 0 amide bonds. The van der Waals surface area contributed by atoms with Crippen LogP contribution in [0, 0.1) is 11.8 Å². The third kappa shape index (κ3) is 7.06. The lowest BCUT2D eigenvalue weighted by Crippen LogP contribution is -2.31. The molecule has 4 nitrogen and oxygen atoms in total. The van der Waals surface area contributed by atoms with Gasteiger partial charge in [-0.25, -0.2) is 0 Å². The van der Waals surface area contributed by atoms with Gasteiger partial charge in [0.1, 0.15) is 0 Å². The van der Waals surface area contributed by atoms with Crippen molar-refractivity contribution in [1.29, 1.82) is 0 Å². The molecule has 0 unspecified atom stereocenters. The fraction of sp³-hybridized carbons (Fsp3) is 0.867. The van der Waals surface area contributed by atoms with Gasteiger partial charge in [0.2, 0.25) is 0 Å². The summed E-state index contributed by atoms with van der Waals surface area (Å²) in [7, 11) is 0. The van der Waals surface area contributed by atoms with Crippen LogP contribution in [0.4, 0.5) is 0 Å². The van der Waals surface area contributed by atoms with Crippen LogP contribution in [0.2, 0.25) is 0 Å². The van der Waals surface area contributed by atoms with Crippen molar-refractivity contribution < 1.29 is 19.7 Å². The quantitative estimate of drug-likeness (QED) is 0.498. The molecule has 0 aromatic carbocycles. The van der Waals surface area contributed by atoms with Crippen molar-refractivity contribution in [1.82, 2.24) is 0 Å². The molecule has 0 aromatic heterocycles. The predicted octanol–water partition coefficient (Wildman–Crippen LogP) is 2.10. The summed E-state index contributed by atoms with van der Waals surface area (Å²) in [5, 5.41) is 17.9. The molecule has 4 heteroatoms. The molecule has 0 atom stereocenters. The van der Waals surface area contributed by atoms with E-state index >= 15 is 0 Å². The van der Waals surface area contributed by atoms with Gasteiger partial charge in [0.15, 0.2) is 6.29 Å². The molecule has 1 saturated heterocycles. The largest absolute Gasteiger partial charge is 0.396 e. The lowest BCUT2D eigenvalue weighted by atomic mass is 10.0. The van der Waals surface area contributed by atoms with Gasteiger partial charge in [0.25, 0.3) is 0 Å². The molecule has 0 radical (unpaired) electrons. The fourth-order valence-electron chi connectivity index (χ4n) is 2.15. The van der Waals surface area contributed by atoms with Gasteiger partial charge in [0, 0.05) is 25.0 Å². The normalized spacial score (nSPS) is 24.4. The second kappa shape index (κ2) is 10.4. The van der Waals surface area contributed by atoms with Crippen LogP contribution in [0.25, 0.3) is 0 Å². The van der Waals surface area contributed by atoms with Crippen LogP contribution < -0.4 is 0 Å². The molecule has 19 heavy (non-hydrogen) atoms. The maximum absolute atomic E-state index is 8.96. The van der Waals surface area contributed by atoms with Gasteiger partial charge in [-0.3, -0.25) is 0 Å². The van der Waals surface area contributed by atoms with Gasteiger partial charge in [-0.2, -0.15) is 0 Å². The minimum absolute atomic E-state index is 0.0248. The molecule has 1 heterocycles. The Morgan fingerprint density at radius 1 is 1.16 bits per heavy atom. The predicted molar refractivity (Wildman–Crippen MR) is 74.7 cm³/mol. The minimum atomic E-state index is -0.0759. The van der Waals surface area contributed by atoms with Gasteiger partial charge < -0.3 is 19.7 Å². The minimum Gasteiger partial charge on any atom is -0.396 e. The molecular formula is C15H28O4. The van der Waals surface area contributed by atoms with Gasteiger partial charge in [-0.05, 0) is 25.7 Å². The number of aliphatic hydroxyl groups is 2. The zero-order valence-corrected chi connectivity index (χ0v) is 12.0. The van der Waals surface area contributed by atoms with E-state index in [4.69, 9.17) is 19.7 Å². The van der Waals surface area contributed by atoms with E-state index in [1.807, 2.05) is 0 Å². The third-order valence-corrected chi connectivity index (χ3v) is 3.45. The Kier molecular flexibility index (Phi) is 9.08. The summed E-state index contributed by atoms with van der Waals surface area (Å²) in [6.07, 6.45) is 9.06. The van der Waals surface area contributed by atoms with Gasteiger partial charge >= 0.3 is 0 Å². The highest BCUT2D eigenvalue weighted by Crippen LogP contribution is 2.18. The summed E-state index contributed by atoms with van der Waals surface area (Å²) in [5.41, 5.74) is 0. The number of hydrogen-bond acceptors (Lipinski definition) is 4. The number of rotatable bonds is 9. The van der Waals surface area contributed by atoms with E-state index in [0.29, 0.717) is 5.92 Å². The molecule has 0 spiro atoms. The van der Waals surface area contributed by atoms with Crippen LogP contribution in [0.15, 0.2) is 12.2 Å². The Hall–Kier alpha value is -0.420. The molecule has 0 saturated carbocycles. The van der Waals surface area contributed by atoms with Gasteiger partial charge in [-0.15, -0.1) is 0 Å². The van der Waals surface area contributed by atoms with Crippen LogP contribution >= 0.6 is 0 Å². The number of hydrogen-bond donors (Lipinski definition) is 2. The molecule has 112 valence electrons. The van der Waals surface area contributed by atoms with Crippen molar-refractivity contribution in [2.24, 2.45) is 11.8 Å². The van der Waals surface area contributed by atoms with Crippen molar-refractivity contribution >= 4 is 0 Å². The van der Waals surface area contributed by atoms with E-state index < -0.39 is 0 Å². The summed E-state index contributed by atoms with van der Waals surface area (Å²) in [4.78, 5) is 0. The number of allylic oxidation sites excluding steroid dienone is 1. The number of unbranched alkanes of at least 4 members (excludes halogenated alkanes) is 1. The monoisotopic (exact) mass is 272 g/mol. The highest BCUT2D eigenvalue weighted by molar-refractivity contribution is 4.88. The first kappa shape index (κ1) is 16.6. The first-order valence-corrected chi connectivity index (χ1v) is 7.41. The van der Waals surface area contributed by atoms with Crippen LogP contribution in [-0.4, -0.2) is 42.9 Å². The molecule has 2 N–H and O–H groups in total. The topological polar surface area (TPSA) is 58.9 Å². The second-order valence-corrected chi connectivity index (χ2v) is 5.21. The highest BCUT2D eigenvalue weighted by Gasteiger charge is 2.19. The summed E-state index contributed by atoms with van der Waals surface area (Å²) in [6.45, 7) is 3.75. The van der Waals surface area contributed by atoms with E-state index in [0.717, 1.165) is 45.3 Å². The molecule has 1 rings (SSSR count). The Labute approximate surface area is 116 Å². The third-order valence-electron chi connectivity index (χ3n) is 3.45. The Morgan fingerprint density at radius 2 is 1.84 bits per heavy atom. The van der Waals surface area contributed by atoms with Crippen molar-refractivity contribution in [3.63, 3.8) is 0 Å². The zero-order valence-electron chi connectivity index (χ0n) is 12.0. The van der Waals surface area contributed by atoms with Crippen molar-refractivity contribution in [2.75, 3.05) is 26.4 Å². The van der Waals surface area contributed by atoms with Crippen LogP contribution in [-0.2, 0) is 9.47 Å². The molecule has 0 aromatic rings. The Morgan fingerprint density at radius 3 is 2.42 bits per heavy atom. The van der Waals surface area contributed by atoms with Crippen molar-refractivity contribution in [3.05, 3.63) is 12.2 Å². The average Bonchev–Trinajstić information content (AvgIpc) is 2.46. The summed E-state index contributed by atoms with van der Waals surface area (Å²) < 4.78 is 11.4. The first-order chi connectivity index (χ1) is 9.30. The van der Waals surface area contributed by atoms with Gasteiger partial charge in [-0.1, -0.05) is 25.5 Å². The second-order valence-electron chi connectivity index (χ2n) is 5.21. The molecule has 1 fully saturated rings. The summed E-state index contributed by atoms with van der Waals surface area (Å²) >= 11 is 0. The Bertz CT molecular complexity index is 230. The van der Waals surface area contributed by atoms with E-state index in [-0.39, 0.29) is 25.4 Å². The standard InChI is InChI=1S/C15H28O4/c1-2-3-6-14-11-18-15(19-12-14)8-5-4-7-13(9-16)10-17/h3,6,13-17H,2,4-5,7-12H2,1H3/b6-3+. The average molecular weight is 272 g/mol. The lowest BCUT2D eigenvalue weighted by Gasteiger charge is -2.28. The lowest BCUT2D eigenvalue weighted by molar-refractivity contribution is -0.196. The first-order valence-electron chi connectivity index (χ1n) is 7.41. The smallest absolute Gasteiger partial charge is 0.157 e. The maximum Gasteiger partial charge on any atom is 0.157 e. The Balaban J connectivity index is 2.05. The highest BCUT2D eigenvalue weighted by atomic mass is 16.7. The molecule has 1 aliphatic heterocycles. The van der Waals surface area contributed by atoms with Crippen molar-refractivity contribution in [3.8, 4) is 0 Å². The molecule has 1 aliphatic rings. The van der Waals surface area contributed by atoms with E-state index in [1.54, 1.807) is 0 Å². The molecular weight excluding hydrogens is 244 g/mol. The van der Waals surface area contributed by atoms with Crippen LogP contribution in [0.3, 0.4) is 0 Å². The van der Waals surface area contributed by atoms with E-state index in [1.165, 1.54) is 0 Å². The van der Waals surface area contributed by atoms with Crippen molar-refractivity contribution in [2.45, 2.75) is 45.3 Å². The zero-order chi connectivity index (χ0) is 13.9. The van der Waals surface area contributed by atoms with Crippen LogP contribution in [0.5, 0.6) is 0 Å². The van der Waals surface area contributed by atoms with Crippen LogP contribution in [0.1, 0.15) is 39.0 Å². The molecule has 0 aliphatic carbocycles. The summed E-state index contributed by atoms with van der Waals surface area (Å²) in [6, 6.07) is 0.